The average Bonchev–Trinajstić information content (AvgIpc) is 2.76. The van der Waals surface area contributed by atoms with Crippen LogP contribution in [0.1, 0.15) is 31.9 Å². The van der Waals surface area contributed by atoms with E-state index in [1.165, 1.54) is 0 Å². The number of carbonyl (C=O) groups excluding carboxylic acids is 1. The lowest BCUT2D eigenvalue weighted by molar-refractivity contribution is 0.0139. The first-order valence-electron chi connectivity index (χ1n) is 11.1. The number of aromatic nitrogens is 1. The highest BCUT2D eigenvalue weighted by molar-refractivity contribution is 6.36. The molecule has 1 fully saturated rings. The second-order valence-electron chi connectivity index (χ2n) is 9.54. The van der Waals surface area contributed by atoms with Crippen LogP contribution < -0.4 is 0 Å². The van der Waals surface area contributed by atoms with E-state index in [-0.39, 0.29) is 11.9 Å². The van der Waals surface area contributed by atoms with Crippen molar-refractivity contribution < 1.29 is 13.9 Å². The molecule has 2 aromatic carbocycles. The summed E-state index contributed by atoms with van der Waals surface area (Å²) in [4.78, 5) is 20.6. The summed E-state index contributed by atoms with van der Waals surface area (Å²) in [6.45, 7) is 10.8. The highest BCUT2D eigenvalue weighted by Gasteiger charge is 2.26. The Hall–Kier alpha value is -2.70. The first kappa shape index (κ1) is 23.5. The van der Waals surface area contributed by atoms with Crippen LogP contribution in [0.5, 0.6) is 0 Å². The third kappa shape index (κ3) is 5.45. The van der Waals surface area contributed by atoms with Gasteiger partial charge in [0.15, 0.2) is 0 Å². The Kier molecular flexibility index (Phi) is 6.59. The number of rotatable bonds is 3. The van der Waals surface area contributed by atoms with Gasteiger partial charge in [0.1, 0.15) is 11.4 Å². The van der Waals surface area contributed by atoms with Crippen LogP contribution in [0.4, 0.5) is 9.18 Å². The zero-order chi connectivity index (χ0) is 23.8. The predicted molar refractivity (Wildman–Crippen MR) is 130 cm³/mol. The van der Waals surface area contributed by atoms with E-state index >= 15 is 4.39 Å². The molecule has 7 heteroatoms. The van der Waals surface area contributed by atoms with Crippen LogP contribution in [0.2, 0.25) is 5.02 Å². The van der Waals surface area contributed by atoms with Gasteiger partial charge in [-0.1, -0.05) is 29.8 Å². The van der Waals surface area contributed by atoms with E-state index in [1.54, 1.807) is 17.2 Å². The fourth-order valence-corrected chi connectivity index (χ4v) is 4.19. The molecule has 0 unspecified atom stereocenters. The summed E-state index contributed by atoms with van der Waals surface area (Å²) in [5.41, 5.74) is 3.39. The maximum Gasteiger partial charge on any atom is 0.410 e. The molecule has 0 aliphatic carbocycles. The quantitative estimate of drug-likeness (QED) is 0.468. The Bertz CT molecular complexity index is 1180. The van der Waals surface area contributed by atoms with Gasteiger partial charge in [-0.25, -0.2) is 9.18 Å². The highest BCUT2D eigenvalue weighted by Crippen LogP contribution is 2.31. The lowest BCUT2D eigenvalue weighted by Crippen LogP contribution is -2.49. The number of halogens is 2. The van der Waals surface area contributed by atoms with E-state index in [0.717, 1.165) is 40.7 Å². The highest BCUT2D eigenvalue weighted by atomic mass is 35.5. The molecule has 0 radical (unpaired) electrons. The molecule has 33 heavy (non-hydrogen) atoms. The van der Waals surface area contributed by atoms with Gasteiger partial charge in [-0.3, -0.25) is 9.88 Å². The van der Waals surface area contributed by atoms with Gasteiger partial charge >= 0.3 is 6.09 Å². The molecule has 3 aromatic rings. The number of benzene rings is 2. The number of nitrogens with zero attached hydrogens (tertiary/aromatic N) is 3. The number of aryl methyl sites for hydroxylation is 1. The molecule has 0 saturated carbocycles. The Balaban J connectivity index is 1.43. The number of hydrogen-bond acceptors (Lipinski definition) is 4. The van der Waals surface area contributed by atoms with Crippen molar-refractivity contribution in [3.63, 3.8) is 0 Å². The van der Waals surface area contributed by atoms with E-state index in [4.69, 9.17) is 16.3 Å². The minimum Gasteiger partial charge on any atom is -0.444 e. The van der Waals surface area contributed by atoms with Crippen molar-refractivity contribution in [2.24, 2.45) is 0 Å². The Morgan fingerprint density at radius 1 is 1.12 bits per heavy atom. The molecule has 4 rings (SSSR count). The summed E-state index contributed by atoms with van der Waals surface area (Å²) < 4.78 is 20.5. The molecule has 0 spiro atoms. The van der Waals surface area contributed by atoms with Gasteiger partial charge in [-0.15, -0.1) is 0 Å². The average molecular weight is 470 g/mol. The molecular formula is C26H29ClFN3O2. The minimum absolute atomic E-state index is 0.268. The van der Waals surface area contributed by atoms with Gasteiger partial charge in [0.2, 0.25) is 0 Å². The van der Waals surface area contributed by atoms with Gasteiger partial charge in [0.05, 0.1) is 10.5 Å². The SMILES string of the molecule is Cc1cnc2ccc(-c3ccc(CN4CCN(C(=O)OC(C)(C)C)CC4)cc3F)cc2c1Cl. The summed E-state index contributed by atoms with van der Waals surface area (Å²) in [7, 11) is 0. The molecule has 0 N–H and O–H groups in total. The van der Waals surface area contributed by atoms with E-state index in [0.29, 0.717) is 30.2 Å². The van der Waals surface area contributed by atoms with Crippen LogP contribution in [0, 0.1) is 12.7 Å². The Labute approximate surface area is 199 Å². The lowest BCUT2D eigenvalue weighted by Gasteiger charge is -2.35. The van der Waals surface area contributed by atoms with Gasteiger partial charge in [0, 0.05) is 49.9 Å². The number of fused-ring (bicyclic) bond motifs is 1. The van der Waals surface area contributed by atoms with Crippen molar-refractivity contribution in [2.45, 2.75) is 39.8 Å². The maximum atomic E-state index is 15.1. The van der Waals surface area contributed by atoms with Crippen molar-refractivity contribution in [1.82, 2.24) is 14.8 Å². The molecule has 2 heterocycles. The first-order chi connectivity index (χ1) is 15.6. The number of carbonyl (C=O) groups is 1. The van der Waals surface area contributed by atoms with Crippen LogP contribution >= 0.6 is 11.6 Å². The second kappa shape index (κ2) is 9.27. The molecule has 1 aliphatic heterocycles. The van der Waals surface area contributed by atoms with Crippen molar-refractivity contribution in [3.8, 4) is 11.1 Å². The van der Waals surface area contributed by atoms with Gasteiger partial charge < -0.3 is 9.64 Å². The second-order valence-corrected chi connectivity index (χ2v) is 9.92. The zero-order valence-corrected chi connectivity index (χ0v) is 20.2. The topological polar surface area (TPSA) is 45.7 Å². The fourth-order valence-electron chi connectivity index (χ4n) is 3.99. The number of hydrogen-bond donors (Lipinski definition) is 0. The molecule has 1 amide bonds. The molecule has 1 saturated heterocycles. The molecular weight excluding hydrogens is 441 g/mol. The molecule has 0 atom stereocenters. The molecule has 174 valence electrons. The normalized spacial score (nSPS) is 15.2. The van der Waals surface area contributed by atoms with Crippen molar-refractivity contribution >= 4 is 28.6 Å². The largest absolute Gasteiger partial charge is 0.444 e. The van der Waals surface area contributed by atoms with E-state index < -0.39 is 5.60 Å². The maximum absolute atomic E-state index is 15.1. The van der Waals surface area contributed by atoms with E-state index in [2.05, 4.69) is 9.88 Å². The number of piperazine rings is 1. The predicted octanol–water partition coefficient (Wildman–Crippen LogP) is 6.06. The van der Waals surface area contributed by atoms with Gasteiger partial charge in [-0.05, 0) is 62.6 Å². The lowest BCUT2D eigenvalue weighted by atomic mass is 10.0. The number of amides is 1. The van der Waals surface area contributed by atoms with Crippen molar-refractivity contribution in [2.75, 3.05) is 26.2 Å². The Morgan fingerprint density at radius 2 is 1.85 bits per heavy atom. The van der Waals surface area contributed by atoms with Crippen LogP contribution in [0.3, 0.4) is 0 Å². The van der Waals surface area contributed by atoms with Crippen LogP contribution in [-0.2, 0) is 11.3 Å². The Morgan fingerprint density at radius 3 is 2.52 bits per heavy atom. The van der Waals surface area contributed by atoms with Crippen molar-refractivity contribution in [1.29, 1.82) is 0 Å². The third-order valence-electron chi connectivity index (χ3n) is 5.75. The monoisotopic (exact) mass is 469 g/mol. The number of pyridine rings is 1. The molecule has 1 aromatic heterocycles. The first-order valence-corrected chi connectivity index (χ1v) is 11.5. The molecule has 5 nitrogen and oxygen atoms in total. The van der Waals surface area contributed by atoms with Crippen LogP contribution in [-0.4, -0.2) is 52.7 Å². The van der Waals surface area contributed by atoms with Crippen LogP contribution in [0.25, 0.3) is 22.0 Å². The zero-order valence-electron chi connectivity index (χ0n) is 19.5. The van der Waals surface area contributed by atoms with E-state index in [1.807, 2.05) is 58.0 Å². The van der Waals surface area contributed by atoms with E-state index in [9.17, 15) is 4.79 Å². The van der Waals surface area contributed by atoms with Gasteiger partial charge in [0.25, 0.3) is 0 Å². The minimum atomic E-state index is -0.501. The van der Waals surface area contributed by atoms with Gasteiger partial charge in [-0.2, -0.15) is 0 Å². The fraction of sp³-hybridized carbons (Fsp3) is 0.385. The molecule has 1 aliphatic rings. The summed E-state index contributed by atoms with van der Waals surface area (Å²) in [6.07, 6.45) is 1.46. The smallest absolute Gasteiger partial charge is 0.410 e. The summed E-state index contributed by atoms with van der Waals surface area (Å²) in [5.74, 6) is -0.268. The third-order valence-corrected chi connectivity index (χ3v) is 6.25. The standard InChI is InChI=1S/C26H29ClFN3O2/c1-17-15-29-23-8-6-19(14-21(23)24(17)27)20-7-5-18(13-22(20)28)16-30-9-11-31(12-10-30)25(32)33-26(2,3)4/h5-8,13-15H,9-12,16H2,1-4H3. The summed E-state index contributed by atoms with van der Waals surface area (Å²) in [5, 5.41) is 1.46. The summed E-state index contributed by atoms with van der Waals surface area (Å²) in [6, 6.07) is 11.0. The van der Waals surface area contributed by atoms with Crippen molar-refractivity contribution in [3.05, 3.63) is 64.6 Å². The summed E-state index contributed by atoms with van der Waals surface area (Å²) >= 11 is 6.45. The molecule has 0 bridgehead atoms. The number of ether oxygens (including phenoxy) is 1. The van der Waals surface area contributed by atoms with Crippen LogP contribution in [0.15, 0.2) is 42.6 Å².